The van der Waals surface area contributed by atoms with Crippen molar-refractivity contribution in [2.24, 2.45) is 5.16 Å². The Bertz CT molecular complexity index is 648. The molecule has 0 heterocycles. The van der Waals surface area contributed by atoms with Gasteiger partial charge in [0.25, 0.3) is 0 Å². The monoisotopic (exact) mass is 311 g/mol. The van der Waals surface area contributed by atoms with Crippen LogP contribution in [-0.4, -0.2) is 33.6 Å². The molecule has 0 radical (unpaired) electrons. The van der Waals surface area contributed by atoms with Gasteiger partial charge in [0.05, 0.1) is 12.8 Å². The normalized spacial score (nSPS) is 11.2. The van der Waals surface area contributed by atoms with Crippen molar-refractivity contribution in [1.82, 2.24) is 0 Å². The van der Waals surface area contributed by atoms with Crippen LogP contribution in [0.25, 0.3) is 11.1 Å². The fourth-order valence-electron chi connectivity index (χ4n) is 2.09. The van der Waals surface area contributed by atoms with E-state index in [9.17, 15) is 0 Å². The maximum Gasteiger partial charge on any atom is 0.119 e. The molecular weight excluding hydrogens is 290 g/mol. The number of oxime groups is 1. The molecule has 2 aromatic carbocycles. The van der Waals surface area contributed by atoms with Crippen LogP contribution in [0.15, 0.2) is 65.8 Å². The van der Waals surface area contributed by atoms with Crippen molar-refractivity contribution in [3.05, 3.63) is 66.2 Å². The van der Waals surface area contributed by atoms with Gasteiger partial charge in [-0.3, -0.25) is 0 Å². The summed E-state index contributed by atoms with van der Waals surface area (Å²) in [5.74, 6) is 0.832. The van der Waals surface area contributed by atoms with E-state index >= 15 is 0 Å². The summed E-state index contributed by atoms with van der Waals surface area (Å²) in [4.78, 5) is 4.76. The Morgan fingerprint density at radius 2 is 1.65 bits per heavy atom. The van der Waals surface area contributed by atoms with Crippen LogP contribution in [0.5, 0.6) is 5.75 Å². The lowest BCUT2D eigenvalue weighted by Crippen LogP contribution is -1.94. The number of hydrogen-bond donors (Lipinski definition) is 0. The first-order valence-corrected chi connectivity index (χ1v) is 7.38. The second kappa shape index (κ2) is 9.43. The Morgan fingerprint density at radius 3 is 2.39 bits per heavy atom. The van der Waals surface area contributed by atoms with E-state index in [1.165, 1.54) is 7.11 Å². The van der Waals surface area contributed by atoms with Crippen molar-refractivity contribution in [2.75, 3.05) is 27.4 Å². The summed E-state index contributed by atoms with van der Waals surface area (Å²) in [7, 11) is 3.20. The molecule has 2 aromatic rings. The molecule has 0 bridgehead atoms. The van der Waals surface area contributed by atoms with E-state index in [2.05, 4.69) is 11.2 Å². The molecule has 4 heteroatoms. The molecule has 0 amide bonds. The molecule has 23 heavy (non-hydrogen) atoms. The Hall–Kier alpha value is -2.59. The lowest BCUT2D eigenvalue weighted by molar-refractivity contribution is 0.215. The Kier molecular flexibility index (Phi) is 6.88. The first-order valence-electron chi connectivity index (χ1n) is 7.38. The number of methoxy groups -OCH3 is 1. The van der Waals surface area contributed by atoms with Crippen LogP contribution in [0.1, 0.15) is 5.56 Å². The number of hydrogen-bond acceptors (Lipinski definition) is 4. The Balaban J connectivity index is 2.06. The first-order chi connectivity index (χ1) is 11.3. The standard InChI is InChI=1S/C19H21NO3/c1-21-13-5-6-14-23-18-11-9-16(10-12-18)19-8-4-3-7-17(19)15-20-22-2/h3-12,15H,13-14H2,1-2H3/b6-5-,20-15-. The maximum atomic E-state index is 5.65. The highest BCUT2D eigenvalue weighted by atomic mass is 16.6. The minimum absolute atomic E-state index is 0.528. The zero-order valence-electron chi connectivity index (χ0n) is 13.4. The lowest BCUT2D eigenvalue weighted by atomic mass is 10.0. The third-order valence-electron chi connectivity index (χ3n) is 3.20. The number of ether oxygens (including phenoxy) is 2. The van der Waals surface area contributed by atoms with E-state index < -0.39 is 0 Å². The van der Waals surface area contributed by atoms with Gasteiger partial charge in [-0.15, -0.1) is 0 Å². The molecule has 120 valence electrons. The molecule has 0 aliphatic heterocycles. The molecule has 0 aliphatic carbocycles. The van der Waals surface area contributed by atoms with Gasteiger partial charge in [0.1, 0.15) is 19.5 Å². The molecule has 2 rings (SSSR count). The average molecular weight is 311 g/mol. The molecule has 0 spiro atoms. The van der Waals surface area contributed by atoms with Crippen molar-refractivity contribution in [3.63, 3.8) is 0 Å². The maximum absolute atomic E-state index is 5.65. The second-order valence-electron chi connectivity index (χ2n) is 4.77. The van der Waals surface area contributed by atoms with Crippen molar-refractivity contribution in [1.29, 1.82) is 0 Å². The third-order valence-corrected chi connectivity index (χ3v) is 3.20. The quantitative estimate of drug-likeness (QED) is 0.421. The highest BCUT2D eigenvalue weighted by Crippen LogP contribution is 2.25. The van der Waals surface area contributed by atoms with Gasteiger partial charge in [-0.1, -0.05) is 47.6 Å². The van der Waals surface area contributed by atoms with Gasteiger partial charge >= 0.3 is 0 Å². The van der Waals surface area contributed by atoms with Crippen molar-refractivity contribution < 1.29 is 14.3 Å². The molecule has 0 saturated carbocycles. The topological polar surface area (TPSA) is 40.0 Å². The van der Waals surface area contributed by atoms with Crippen LogP contribution >= 0.6 is 0 Å². The summed E-state index contributed by atoms with van der Waals surface area (Å²) in [6.45, 7) is 1.13. The van der Waals surface area contributed by atoms with Crippen molar-refractivity contribution in [2.45, 2.75) is 0 Å². The van der Waals surface area contributed by atoms with E-state index in [-0.39, 0.29) is 0 Å². The largest absolute Gasteiger partial charge is 0.490 e. The molecule has 0 unspecified atom stereocenters. The van der Waals surface area contributed by atoms with E-state index in [0.717, 1.165) is 22.4 Å². The van der Waals surface area contributed by atoms with Gasteiger partial charge in [0, 0.05) is 12.7 Å². The van der Waals surface area contributed by atoms with Gasteiger partial charge in [-0.05, 0) is 29.3 Å². The summed E-state index contributed by atoms with van der Waals surface area (Å²) in [5, 5.41) is 3.84. The third kappa shape index (κ3) is 5.27. The van der Waals surface area contributed by atoms with Crippen LogP contribution < -0.4 is 4.74 Å². The average Bonchev–Trinajstić information content (AvgIpc) is 2.61. The molecular formula is C19H21NO3. The predicted molar refractivity (Wildman–Crippen MR) is 93.0 cm³/mol. The summed E-state index contributed by atoms with van der Waals surface area (Å²) >= 11 is 0. The minimum Gasteiger partial charge on any atom is -0.490 e. The van der Waals surface area contributed by atoms with Gasteiger partial charge in [0.2, 0.25) is 0 Å². The minimum atomic E-state index is 0.528. The van der Waals surface area contributed by atoms with Gasteiger partial charge in [-0.2, -0.15) is 0 Å². The van der Waals surface area contributed by atoms with Gasteiger partial charge < -0.3 is 14.3 Å². The highest BCUT2D eigenvalue weighted by molar-refractivity contribution is 5.90. The van der Waals surface area contributed by atoms with Crippen molar-refractivity contribution in [3.8, 4) is 16.9 Å². The van der Waals surface area contributed by atoms with E-state index in [1.54, 1.807) is 13.3 Å². The van der Waals surface area contributed by atoms with E-state index in [0.29, 0.717) is 13.2 Å². The number of nitrogens with zero attached hydrogens (tertiary/aromatic N) is 1. The SMILES string of the molecule is COC/C=C\COc1ccc(-c2ccccc2/C=N\OC)cc1. The molecule has 0 aromatic heterocycles. The smallest absolute Gasteiger partial charge is 0.119 e. The molecule has 0 aliphatic rings. The van der Waals surface area contributed by atoms with Crippen LogP contribution in [-0.2, 0) is 9.57 Å². The molecule has 0 atom stereocenters. The van der Waals surface area contributed by atoms with Crippen LogP contribution in [0.2, 0.25) is 0 Å². The van der Waals surface area contributed by atoms with Crippen LogP contribution in [0.3, 0.4) is 0 Å². The zero-order chi connectivity index (χ0) is 16.3. The fraction of sp³-hybridized carbons (Fsp3) is 0.211. The molecule has 0 saturated heterocycles. The van der Waals surface area contributed by atoms with E-state index in [1.807, 2.05) is 54.6 Å². The molecule has 0 N–H and O–H groups in total. The second-order valence-corrected chi connectivity index (χ2v) is 4.77. The van der Waals surface area contributed by atoms with Gasteiger partial charge in [0.15, 0.2) is 0 Å². The fourth-order valence-corrected chi connectivity index (χ4v) is 2.09. The summed E-state index contributed by atoms with van der Waals surface area (Å²) in [6, 6.07) is 16.0. The summed E-state index contributed by atoms with van der Waals surface area (Å²) in [5.41, 5.74) is 3.20. The Labute approximate surface area is 137 Å². The summed E-state index contributed by atoms with van der Waals surface area (Å²) in [6.07, 6.45) is 5.58. The lowest BCUT2D eigenvalue weighted by Gasteiger charge is -2.08. The number of rotatable bonds is 8. The van der Waals surface area contributed by atoms with Crippen LogP contribution in [0, 0.1) is 0 Å². The Morgan fingerprint density at radius 1 is 0.913 bits per heavy atom. The first kappa shape index (κ1) is 16.8. The van der Waals surface area contributed by atoms with Crippen molar-refractivity contribution >= 4 is 6.21 Å². The molecule has 4 nitrogen and oxygen atoms in total. The highest BCUT2D eigenvalue weighted by Gasteiger charge is 2.03. The zero-order valence-corrected chi connectivity index (χ0v) is 13.4. The van der Waals surface area contributed by atoms with Gasteiger partial charge in [-0.25, -0.2) is 0 Å². The predicted octanol–water partition coefficient (Wildman–Crippen LogP) is 3.92. The summed E-state index contributed by atoms with van der Waals surface area (Å²) < 4.78 is 10.6. The molecule has 0 fully saturated rings. The number of benzene rings is 2. The van der Waals surface area contributed by atoms with E-state index in [4.69, 9.17) is 14.3 Å². The van der Waals surface area contributed by atoms with Crippen LogP contribution in [0.4, 0.5) is 0 Å².